The van der Waals surface area contributed by atoms with Crippen molar-refractivity contribution < 1.29 is 4.74 Å². The molecule has 0 heterocycles. The monoisotopic (exact) mass is 240 g/mol. The minimum atomic E-state index is 0.748. The minimum absolute atomic E-state index is 0.748. The Morgan fingerprint density at radius 2 is 1.89 bits per heavy atom. The Bertz CT molecular complexity index is 587. The average molecular weight is 240 g/mol. The average Bonchev–Trinajstić information content (AvgIpc) is 2.43. The van der Waals surface area contributed by atoms with Crippen molar-refractivity contribution in [3.63, 3.8) is 0 Å². The first kappa shape index (κ1) is 12.3. The van der Waals surface area contributed by atoms with Crippen LogP contribution in [0.3, 0.4) is 0 Å². The molecule has 18 heavy (non-hydrogen) atoms. The Hall–Kier alpha value is -2.21. The second-order valence-electron chi connectivity index (χ2n) is 4.32. The number of hydrogen-bond acceptors (Lipinski definition) is 3. The van der Waals surface area contributed by atoms with E-state index in [-0.39, 0.29) is 0 Å². The molecule has 0 bridgehead atoms. The number of likely N-dealkylation sites (N-methyl/N-ethyl adjacent to an activating group) is 1. The van der Waals surface area contributed by atoms with Crippen molar-refractivity contribution in [2.45, 2.75) is 6.42 Å². The molecule has 0 amide bonds. The van der Waals surface area contributed by atoms with Crippen LogP contribution in [0.2, 0.25) is 0 Å². The molecule has 92 valence electrons. The van der Waals surface area contributed by atoms with Gasteiger partial charge in [0.2, 0.25) is 0 Å². The van der Waals surface area contributed by atoms with Gasteiger partial charge in [-0.15, -0.1) is 0 Å². The van der Waals surface area contributed by atoms with Crippen LogP contribution in [0, 0.1) is 11.5 Å². The van der Waals surface area contributed by atoms with Crippen LogP contribution >= 0.6 is 0 Å². The van der Waals surface area contributed by atoms with Gasteiger partial charge in [-0.25, -0.2) is 0 Å². The summed E-state index contributed by atoms with van der Waals surface area (Å²) in [5.41, 5.74) is 1.25. The lowest BCUT2D eigenvalue weighted by molar-refractivity contribution is 0.415. The highest BCUT2D eigenvalue weighted by Crippen LogP contribution is 2.22. The van der Waals surface area contributed by atoms with Gasteiger partial charge in [0.25, 0.3) is 0 Å². The highest BCUT2D eigenvalue weighted by Gasteiger charge is 2.00. The maximum atomic E-state index is 8.70. The fourth-order valence-corrected chi connectivity index (χ4v) is 1.90. The van der Waals surface area contributed by atoms with E-state index in [1.54, 1.807) is 19.1 Å². The molecule has 0 unspecified atom stereocenters. The van der Waals surface area contributed by atoms with Crippen LogP contribution in [0.15, 0.2) is 36.4 Å². The molecule has 0 spiro atoms. The molecule has 2 aromatic carbocycles. The fraction of sp³-hybridized carbons (Fsp3) is 0.267. The molecule has 0 radical (unpaired) electrons. The van der Waals surface area contributed by atoms with E-state index in [0.29, 0.717) is 0 Å². The fourth-order valence-electron chi connectivity index (χ4n) is 1.90. The normalized spacial score (nSPS) is 10.1. The first-order valence-electron chi connectivity index (χ1n) is 5.90. The summed E-state index contributed by atoms with van der Waals surface area (Å²) < 4.78 is 5.20. The summed E-state index contributed by atoms with van der Waals surface area (Å²) in [6.45, 7) is 0.748. The number of rotatable bonds is 4. The van der Waals surface area contributed by atoms with Crippen LogP contribution in [0.4, 0.5) is 0 Å². The number of benzene rings is 2. The first-order valence-corrected chi connectivity index (χ1v) is 5.90. The Morgan fingerprint density at radius 3 is 2.61 bits per heavy atom. The second-order valence-corrected chi connectivity index (χ2v) is 4.32. The van der Waals surface area contributed by atoms with Crippen LogP contribution in [-0.4, -0.2) is 25.6 Å². The van der Waals surface area contributed by atoms with Crippen molar-refractivity contribution in [1.82, 2.24) is 4.90 Å². The lowest BCUT2D eigenvalue weighted by Gasteiger charge is -2.09. The van der Waals surface area contributed by atoms with Gasteiger partial charge in [0.05, 0.1) is 7.11 Å². The largest absolute Gasteiger partial charge is 0.497 e. The van der Waals surface area contributed by atoms with Crippen LogP contribution in [-0.2, 0) is 6.42 Å². The van der Waals surface area contributed by atoms with Crippen molar-refractivity contribution in [1.29, 1.82) is 5.26 Å². The molecule has 3 heteroatoms. The van der Waals surface area contributed by atoms with E-state index < -0.39 is 0 Å². The lowest BCUT2D eigenvalue weighted by atomic mass is 10.0. The van der Waals surface area contributed by atoms with Crippen LogP contribution < -0.4 is 4.74 Å². The van der Waals surface area contributed by atoms with Crippen molar-refractivity contribution in [3.8, 4) is 11.9 Å². The molecule has 0 saturated heterocycles. The number of nitriles is 1. The molecule has 3 nitrogen and oxygen atoms in total. The predicted octanol–water partition coefficient (Wildman–Crippen LogP) is 2.80. The number of methoxy groups -OCH3 is 1. The van der Waals surface area contributed by atoms with E-state index in [2.05, 4.69) is 30.5 Å². The SMILES string of the molecule is COc1ccc2cc(CCN(C)C#N)ccc2c1. The summed E-state index contributed by atoms with van der Waals surface area (Å²) in [5.74, 6) is 0.875. The van der Waals surface area contributed by atoms with Gasteiger partial charge < -0.3 is 9.64 Å². The first-order chi connectivity index (χ1) is 8.72. The molecule has 0 atom stereocenters. The van der Waals surface area contributed by atoms with E-state index in [9.17, 15) is 0 Å². The zero-order chi connectivity index (χ0) is 13.0. The van der Waals surface area contributed by atoms with E-state index in [1.807, 2.05) is 12.1 Å². The van der Waals surface area contributed by atoms with E-state index in [1.165, 1.54) is 16.3 Å². The van der Waals surface area contributed by atoms with Gasteiger partial charge in [0.1, 0.15) is 5.75 Å². The molecule has 0 aliphatic heterocycles. The van der Waals surface area contributed by atoms with E-state index in [4.69, 9.17) is 10.00 Å². The highest BCUT2D eigenvalue weighted by molar-refractivity contribution is 5.84. The van der Waals surface area contributed by atoms with Gasteiger partial charge in [-0.2, -0.15) is 5.26 Å². The quantitative estimate of drug-likeness (QED) is 0.609. The molecule has 0 N–H and O–H groups in total. The Labute approximate surface area is 107 Å². The van der Waals surface area contributed by atoms with E-state index in [0.717, 1.165) is 18.7 Å². The third-order valence-electron chi connectivity index (χ3n) is 3.02. The maximum absolute atomic E-state index is 8.70. The number of fused-ring (bicyclic) bond motifs is 1. The molecule has 0 aliphatic carbocycles. The molecule has 2 rings (SSSR count). The van der Waals surface area contributed by atoms with E-state index >= 15 is 0 Å². The van der Waals surface area contributed by atoms with Crippen molar-refractivity contribution in [2.75, 3.05) is 20.7 Å². The zero-order valence-electron chi connectivity index (χ0n) is 10.7. The van der Waals surface area contributed by atoms with Crippen LogP contribution in [0.25, 0.3) is 10.8 Å². The highest BCUT2D eigenvalue weighted by atomic mass is 16.5. The van der Waals surface area contributed by atoms with Gasteiger partial charge in [-0.1, -0.05) is 24.3 Å². The number of ether oxygens (including phenoxy) is 1. The Morgan fingerprint density at radius 1 is 1.17 bits per heavy atom. The molecular formula is C15H16N2O. The molecular weight excluding hydrogens is 224 g/mol. The summed E-state index contributed by atoms with van der Waals surface area (Å²) in [5, 5.41) is 11.1. The molecule has 0 aliphatic rings. The third-order valence-corrected chi connectivity index (χ3v) is 3.02. The Kier molecular flexibility index (Phi) is 3.69. The predicted molar refractivity (Wildman–Crippen MR) is 72.4 cm³/mol. The number of hydrogen-bond donors (Lipinski definition) is 0. The summed E-state index contributed by atoms with van der Waals surface area (Å²) in [7, 11) is 3.47. The minimum Gasteiger partial charge on any atom is -0.497 e. The topological polar surface area (TPSA) is 36.3 Å². The molecule has 2 aromatic rings. The van der Waals surface area contributed by atoms with Gasteiger partial charge in [0, 0.05) is 13.6 Å². The third kappa shape index (κ3) is 2.72. The summed E-state index contributed by atoms with van der Waals surface area (Å²) in [6, 6.07) is 12.4. The summed E-state index contributed by atoms with van der Waals surface area (Å²) in [4.78, 5) is 1.64. The molecule has 0 fully saturated rings. The summed E-state index contributed by atoms with van der Waals surface area (Å²) in [6.07, 6.45) is 2.99. The molecule has 0 saturated carbocycles. The standard InChI is InChI=1S/C15H16N2O/c1-17(11-16)8-7-12-3-4-14-10-15(18-2)6-5-13(14)9-12/h3-6,9-10H,7-8H2,1-2H3. The summed E-state index contributed by atoms with van der Waals surface area (Å²) >= 11 is 0. The second kappa shape index (κ2) is 5.42. The molecule has 0 aromatic heterocycles. The van der Waals surface area contributed by atoms with Gasteiger partial charge in [-0.05, 0) is 34.9 Å². The van der Waals surface area contributed by atoms with Crippen molar-refractivity contribution in [3.05, 3.63) is 42.0 Å². The van der Waals surface area contributed by atoms with Gasteiger partial charge in [-0.3, -0.25) is 0 Å². The van der Waals surface area contributed by atoms with Crippen molar-refractivity contribution >= 4 is 10.8 Å². The van der Waals surface area contributed by atoms with Crippen LogP contribution in [0.5, 0.6) is 5.75 Å². The van der Waals surface area contributed by atoms with Crippen molar-refractivity contribution in [2.24, 2.45) is 0 Å². The lowest BCUT2D eigenvalue weighted by Crippen LogP contribution is -2.14. The Balaban J connectivity index is 2.20. The maximum Gasteiger partial charge on any atom is 0.179 e. The van der Waals surface area contributed by atoms with Gasteiger partial charge in [0.15, 0.2) is 6.19 Å². The van der Waals surface area contributed by atoms with Gasteiger partial charge >= 0.3 is 0 Å². The zero-order valence-corrected chi connectivity index (χ0v) is 10.7. The smallest absolute Gasteiger partial charge is 0.179 e. The van der Waals surface area contributed by atoms with Crippen LogP contribution in [0.1, 0.15) is 5.56 Å². The number of nitrogens with zero attached hydrogens (tertiary/aromatic N) is 2.